The molecular formula is C12H18N4OS2. The van der Waals surface area contributed by atoms with Crippen LogP contribution in [0.1, 0.15) is 25.2 Å². The highest BCUT2D eigenvalue weighted by molar-refractivity contribution is 8.77. The van der Waals surface area contributed by atoms with Gasteiger partial charge >= 0.3 is 0 Å². The molecule has 1 rings (SSSR count). The maximum absolute atomic E-state index is 11.2. The minimum absolute atomic E-state index is 0.383. The summed E-state index contributed by atoms with van der Waals surface area (Å²) >= 11 is 0. The van der Waals surface area contributed by atoms with E-state index in [0.29, 0.717) is 18.2 Å². The molecule has 0 saturated heterocycles. The molecule has 0 aliphatic rings. The minimum atomic E-state index is 0.383. The molecule has 0 aliphatic heterocycles. The molecule has 0 aromatic carbocycles. The van der Waals surface area contributed by atoms with Crippen molar-refractivity contribution in [3.63, 3.8) is 0 Å². The topological polar surface area (TPSA) is 72.1 Å². The van der Waals surface area contributed by atoms with Crippen molar-refractivity contribution in [3.05, 3.63) is 28.2 Å². The third kappa shape index (κ3) is 4.43. The number of anilines is 1. The summed E-state index contributed by atoms with van der Waals surface area (Å²) in [7, 11) is 3.28. The standard InChI is InChI=1S/C12H18N4OS2/c1-8(9(2)19-18-4)16(7-17)6-11-5-14-10(3)15-12(11)13/h5,7H,6H2,1-4H3,(H2,13,14,15)/b9-8+. The number of hydrogen-bond acceptors (Lipinski definition) is 6. The zero-order valence-electron chi connectivity index (χ0n) is 11.5. The Bertz CT molecular complexity index is 491. The molecule has 2 N–H and O–H groups in total. The molecular weight excluding hydrogens is 280 g/mol. The van der Waals surface area contributed by atoms with Gasteiger partial charge in [-0.2, -0.15) is 0 Å². The van der Waals surface area contributed by atoms with E-state index in [9.17, 15) is 4.79 Å². The molecule has 1 aromatic rings. The van der Waals surface area contributed by atoms with Gasteiger partial charge in [0.25, 0.3) is 0 Å². The summed E-state index contributed by atoms with van der Waals surface area (Å²) in [6.07, 6.45) is 4.47. The largest absolute Gasteiger partial charge is 0.383 e. The number of carbonyl (C=O) groups is 1. The lowest BCUT2D eigenvalue weighted by Crippen LogP contribution is -2.21. The predicted molar refractivity (Wildman–Crippen MR) is 82.3 cm³/mol. The molecule has 1 aromatic heterocycles. The molecule has 0 atom stereocenters. The number of allylic oxidation sites excluding steroid dienone is 2. The van der Waals surface area contributed by atoms with E-state index in [4.69, 9.17) is 5.73 Å². The quantitative estimate of drug-likeness (QED) is 0.643. The van der Waals surface area contributed by atoms with Gasteiger partial charge in [0.15, 0.2) is 0 Å². The second kappa shape index (κ2) is 7.40. The van der Waals surface area contributed by atoms with Crippen molar-refractivity contribution in [1.29, 1.82) is 0 Å². The van der Waals surface area contributed by atoms with Crippen LogP contribution in [-0.4, -0.2) is 27.5 Å². The van der Waals surface area contributed by atoms with Gasteiger partial charge in [-0.25, -0.2) is 9.97 Å². The molecule has 104 valence electrons. The molecule has 0 aliphatic carbocycles. The predicted octanol–water partition coefficient (Wildman–Crippen LogP) is 2.59. The Morgan fingerprint density at radius 3 is 2.74 bits per heavy atom. The first-order chi connectivity index (χ1) is 8.99. The van der Waals surface area contributed by atoms with Gasteiger partial charge in [-0.1, -0.05) is 21.6 Å². The van der Waals surface area contributed by atoms with Crippen LogP contribution in [0.25, 0.3) is 0 Å². The van der Waals surface area contributed by atoms with E-state index in [1.807, 2.05) is 20.1 Å². The Labute approximate surface area is 121 Å². The molecule has 0 radical (unpaired) electrons. The summed E-state index contributed by atoms with van der Waals surface area (Å²) in [4.78, 5) is 22.1. The van der Waals surface area contributed by atoms with Crippen LogP contribution >= 0.6 is 21.6 Å². The van der Waals surface area contributed by atoms with Gasteiger partial charge in [0.05, 0.1) is 6.54 Å². The number of nitrogen functional groups attached to an aromatic ring is 1. The zero-order valence-corrected chi connectivity index (χ0v) is 13.1. The molecule has 0 saturated carbocycles. The first-order valence-electron chi connectivity index (χ1n) is 5.67. The van der Waals surface area contributed by atoms with E-state index in [1.54, 1.807) is 39.6 Å². The number of hydrogen-bond donors (Lipinski definition) is 1. The van der Waals surface area contributed by atoms with Crippen molar-refractivity contribution < 1.29 is 4.79 Å². The van der Waals surface area contributed by atoms with Crippen molar-refractivity contribution >= 4 is 33.8 Å². The average molecular weight is 298 g/mol. The fourth-order valence-corrected chi connectivity index (χ4v) is 3.04. The summed E-state index contributed by atoms with van der Waals surface area (Å²) in [5.74, 6) is 1.04. The highest BCUT2D eigenvalue weighted by Crippen LogP contribution is 2.30. The lowest BCUT2D eigenvalue weighted by atomic mass is 10.2. The lowest BCUT2D eigenvalue weighted by Gasteiger charge is -2.20. The van der Waals surface area contributed by atoms with Gasteiger partial charge in [-0.3, -0.25) is 4.79 Å². The molecule has 1 heterocycles. The summed E-state index contributed by atoms with van der Waals surface area (Å²) in [6, 6.07) is 0. The average Bonchev–Trinajstić information content (AvgIpc) is 2.37. The van der Waals surface area contributed by atoms with Gasteiger partial charge in [-0.15, -0.1) is 0 Å². The Balaban J connectivity index is 2.93. The molecule has 0 spiro atoms. The Hall–Kier alpha value is -1.21. The Morgan fingerprint density at radius 1 is 1.53 bits per heavy atom. The Kier molecular flexibility index (Phi) is 6.17. The smallest absolute Gasteiger partial charge is 0.214 e. The van der Waals surface area contributed by atoms with Crippen molar-refractivity contribution in [3.8, 4) is 0 Å². The molecule has 19 heavy (non-hydrogen) atoms. The van der Waals surface area contributed by atoms with Crippen molar-refractivity contribution in [2.75, 3.05) is 12.0 Å². The van der Waals surface area contributed by atoms with E-state index >= 15 is 0 Å². The normalized spacial score (nSPS) is 12.0. The first kappa shape index (κ1) is 15.8. The van der Waals surface area contributed by atoms with Crippen LogP contribution in [-0.2, 0) is 11.3 Å². The van der Waals surface area contributed by atoms with Crippen LogP contribution < -0.4 is 5.73 Å². The SMILES string of the molecule is CSS/C(C)=C(\C)N(C=O)Cc1cnc(C)nc1N. The number of nitrogens with zero attached hydrogens (tertiary/aromatic N) is 3. The Morgan fingerprint density at radius 2 is 2.21 bits per heavy atom. The summed E-state index contributed by atoms with van der Waals surface area (Å²) in [5.41, 5.74) is 7.50. The van der Waals surface area contributed by atoms with Crippen LogP contribution in [0.3, 0.4) is 0 Å². The molecule has 5 nitrogen and oxygen atoms in total. The minimum Gasteiger partial charge on any atom is -0.383 e. The van der Waals surface area contributed by atoms with Crippen molar-refractivity contribution in [2.24, 2.45) is 0 Å². The third-order valence-electron chi connectivity index (χ3n) is 2.64. The van der Waals surface area contributed by atoms with E-state index in [-0.39, 0.29) is 0 Å². The highest BCUT2D eigenvalue weighted by atomic mass is 33.1. The maximum atomic E-state index is 11.2. The molecule has 1 amide bonds. The lowest BCUT2D eigenvalue weighted by molar-refractivity contribution is -0.116. The highest BCUT2D eigenvalue weighted by Gasteiger charge is 2.11. The summed E-state index contributed by atoms with van der Waals surface area (Å²) in [5, 5.41) is 0. The zero-order chi connectivity index (χ0) is 14.4. The van der Waals surface area contributed by atoms with Crippen LogP contribution in [0.15, 0.2) is 16.8 Å². The second-order valence-electron chi connectivity index (χ2n) is 3.95. The van der Waals surface area contributed by atoms with Gasteiger partial charge in [0.1, 0.15) is 11.6 Å². The summed E-state index contributed by atoms with van der Waals surface area (Å²) in [6.45, 7) is 6.07. The fourth-order valence-electron chi connectivity index (χ4n) is 1.44. The number of aromatic nitrogens is 2. The number of carbonyl (C=O) groups excluding carboxylic acids is 1. The van der Waals surface area contributed by atoms with Crippen LogP contribution in [0.4, 0.5) is 5.82 Å². The van der Waals surface area contributed by atoms with E-state index < -0.39 is 0 Å². The van der Waals surface area contributed by atoms with E-state index in [1.165, 1.54) is 0 Å². The van der Waals surface area contributed by atoms with Gasteiger partial charge in [-0.05, 0) is 27.0 Å². The van der Waals surface area contributed by atoms with Crippen LogP contribution in [0.5, 0.6) is 0 Å². The first-order valence-corrected chi connectivity index (χ1v) is 8.23. The molecule has 0 bridgehead atoms. The summed E-state index contributed by atoms with van der Waals surface area (Å²) < 4.78 is 0. The van der Waals surface area contributed by atoms with Gasteiger partial charge in [0, 0.05) is 22.4 Å². The van der Waals surface area contributed by atoms with Gasteiger partial charge < -0.3 is 10.6 Å². The third-order valence-corrected chi connectivity index (χ3v) is 4.60. The monoisotopic (exact) mass is 298 g/mol. The number of amides is 1. The number of aryl methyl sites for hydroxylation is 1. The second-order valence-corrected chi connectivity index (χ2v) is 6.56. The van der Waals surface area contributed by atoms with E-state index in [0.717, 1.165) is 22.6 Å². The molecule has 0 fully saturated rings. The number of nitrogens with two attached hydrogens (primary N) is 1. The molecule has 0 unspecified atom stereocenters. The van der Waals surface area contributed by atoms with Gasteiger partial charge in [0.2, 0.25) is 6.41 Å². The maximum Gasteiger partial charge on any atom is 0.214 e. The molecule has 7 heteroatoms. The van der Waals surface area contributed by atoms with Crippen LogP contribution in [0.2, 0.25) is 0 Å². The number of rotatable bonds is 6. The van der Waals surface area contributed by atoms with Crippen molar-refractivity contribution in [2.45, 2.75) is 27.3 Å². The van der Waals surface area contributed by atoms with Crippen molar-refractivity contribution in [1.82, 2.24) is 14.9 Å². The van der Waals surface area contributed by atoms with E-state index in [2.05, 4.69) is 9.97 Å². The fraction of sp³-hybridized carbons (Fsp3) is 0.417. The van der Waals surface area contributed by atoms with Crippen LogP contribution in [0, 0.1) is 6.92 Å².